The Hall–Kier alpha value is -1.54. The van der Waals surface area contributed by atoms with E-state index in [2.05, 4.69) is 9.98 Å². The molecule has 1 saturated heterocycles. The number of aromatic nitrogens is 2. The molecule has 1 atom stereocenters. The van der Waals surface area contributed by atoms with Crippen LogP contribution >= 0.6 is 0 Å². The quantitative estimate of drug-likeness (QED) is 0.571. The second kappa shape index (κ2) is 5.84. The molecule has 1 fully saturated rings. The number of rotatable bonds is 4. The van der Waals surface area contributed by atoms with Crippen LogP contribution in [0.3, 0.4) is 0 Å². The summed E-state index contributed by atoms with van der Waals surface area (Å²) in [5, 5.41) is -0.0372. The van der Waals surface area contributed by atoms with Crippen LogP contribution in [0, 0.1) is 6.92 Å². The molecule has 0 aromatic carbocycles. The van der Waals surface area contributed by atoms with Crippen molar-refractivity contribution >= 4 is 16.1 Å². The van der Waals surface area contributed by atoms with Gasteiger partial charge in [-0.3, -0.25) is 0 Å². The lowest BCUT2D eigenvalue weighted by molar-refractivity contribution is 0.0358. The molecule has 9 heteroatoms. The Labute approximate surface area is 117 Å². The zero-order valence-electron chi connectivity index (χ0n) is 11.3. The molecule has 2 rings (SSSR count). The molecule has 0 N–H and O–H groups in total. The lowest BCUT2D eigenvalue weighted by Crippen LogP contribution is -2.47. The first-order chi connectivity index (χ1) is 9.50. The van der Waals surface area contributed by atoms with Crippen LogP contribution in [0.2, 0.25) is 0 Å². The molecule has 0 aliphatic carbocycles. The zero-order valence-corrected chi connectivity index (χ0v) is 12.1. The molecule has 0 bridgehead atoms. The van der Waals surface area contributed by atoms with Crippen molar-refractivity contribution in [1.82, 2.24) is 13.9 Å². The van der Waals surface area contributed by atoms with Gasteiger partial charge in [0.05, 0.1) is 13.2 Å². The SMILES string of the molecule is CCn1cc(S(=O)(=O)N2CCOCC2N=C=O)nc1C. The summed E-state index contributed by atoms with van der Waals surface area (Å²) in [4.78, 5) is 18.0. The third-order valence-electron chi connectivity index (χ3n) is 3.12. The van der Waals surface area contributed by atoms with E-state index in [9.17, 15) is 13.2 Å². The standard InChI is InChI=1S/C11H16N4O4S/c1-3-14-6-11(13-9(14)2)20(17,18)15-4-5-19-7-10(15)12-8-16/h6,10H,3-5,7H2,1-2H3. The molecule has 0 radical (unpaired) electrons. The van der Waals surface area contributed by atoms with Crippen molar-refractivity contribution in [3.8, 4) is 0 Å². The number of hydrogen-bond acceptors (Lipinski definition) is 6. The number of hydrogen-bond donors (Lipinski definition) is 0. The molecule has 1 unspecified atom stereocenters. The number of ether oxygens (including phenoxy) is 1. The minimum absolute atomic E-state index is 0.0372. The average molecular weight is 300 g/mol. The van der Waals surface area contributed by atoms with Gasteiger partial charge >= 0.3 is 0 Å². The second-order valence-electron chi connectivity index (χ2n) is 4.30. The van der Waals surface area contributed by atoms with Crippen LogP contribution in [-0.4, -0.2) is 54.3 Å². The number of imidazole rings is 1. The van der Waals surface area contributed by atoms with E-state index in [1.54, 1.807) is 11.5 Å². The van der Waals surface area contributed by atoms with Gasteiger partial charge in [0.25, 0.3) is 10.0 Å². The first-order valence-electron chi connectivity index (χ1n) is 6.21. The minimum Gasteiger partial charge on any atom is -0.376 e. The number of nitrogens with zero attached hydrogens (tertiary/aromatic N) is 4. The van der Waals surface area contributed by atoms with Crippen molar-refractivity contribution in [3.63, 3.8) is 0 Å². The highest BCUT2D eigenvalue weighted by Gasteiger charge is 2.35. The number of sulfonamides is 1. The van der Waals surface area contributed by atoms with Crippen LogP contribution < -0.4 is 0 Å². The van der Waals surface area contributed by atoms with Gasteiger partial charge < -0.3 is 9.30 Å². The Morgan fingerprint density at radius 2 is 2.35 bits per heavy atom. The first kappa shape index (κ1) is 14.9. The Bertz CT molecular complexity index is 633. The molecule has 1 aromatic rings. The topological polar surface area (TPSA) is 93.9 Å². The summed E-state index contributed by atoms with van der Waals surface area (Å²) < 4.78 is 33.1. The summed E-state index contributed by atoms with van der Waals surface area (Å²) in [5.41, 5.74) is 0. The summed E-state index contributed by atoms with van der Waals surface area (Å²) in [7, 11) is -3.80. The first-order valence-corrected chi connectivity index (χ1v) is 7.65. The minimum atomic E-state index is -3.80. The van der Waals surface area contributed by atoms with Crippen LogP contribution in [0.4, 0.5) is 0 Å². The average Bonchev–Trinajstić information content (AvgIpc) is 2.81. The smallest absolute Gasteiger partial charge is 0.264 e. The van der Waals surface area contributed by atoms with Gasteiger partial charge in [0.1, 0.15) is 5.82 Å². The van der Waals surface area contributed by atoms with Gasteiger partial charge in [0.15, 0.2) is 11.2 Å². The highest BCUT2D eigenvalue weighted by atomic mass is 32.2. The van der Waals surface area contributed by atoms with Crippen LogP contribution in [0.5, 0.6) is 0 Å². The Morgan fingerprint density at radius 1 is 1.60 bits per heavy atom. The maximum absolute atomic E-state index is 12.6. The summed E-state index contributed by atoms with van der Waals surface area (Å²) in [5.74, 6) is 0.620. The van der Waals surface area contributed by atoms with Gasteiger partial charge in [0.2, 0.25) is 6.08 Å². The highest BCUT2D eigenvalue weighted by molar-refractivity contribution is 7.89. The molecule has 110 valence electrons. The monoisotopic (exact) mass is 300 g/mol. The predicted molar refractivity (Wildman–Crippen MR) is 69.3 cm³/mol. The van der Waals surface area contributed by atoms with Crippen molar-refractivity contribution in [2.45, 2.75) is 31.6 Å². The van der Waals surface area contributed by atoms with E-state index in [0.29, 0.717) is 12.4 Å². The van der Waals surface area contributed by atoms with Crippen molar-refractivity contribution in [1.29, 1.82) is 0 Å². The summed E-state index contributed by atoms with van der Waals surface area (Å²) in [6.07, 6.45) is 1.99. The third-order valence-corrected chi connectivity index (χ3v) is 4.89. The van der Waals surface area contributed by atoms with Crippen LogP contribution in [0.15, 0.2) is 16.2 Å². The summed E-state index contributed by atoms with van der Waals surface area (Å²) in [6, 6.07) is 0. The highest BCUT2D eigenvalue weighted by Crippen LogP contribution is 2.20. The van der Waals surface area contributed by atoms with E-state index in [1.165, 1.54) is 12.3 Å². The molecule has 8 nitrogen and oxygen atoms in total. The fourth-order valence-electron chi connectivity index (χ4n) is 2.06. The predicted octanol–water partition coefficient (Wildman–Crippen LogP) is -0.106. The van der Waals surface area contributed by atoms with Crippen LogP contribution in [-0.2, 0) is 26.1 Å². The van der Waals surface area contributed by atoms with Gasteiger partial charge in [-0.05, 0) is 13.8 Å². The fourth-order valence-corrected chi connectivity index (χ4v) is 3.55. The second-order valence-corrected chi connectivity index (χ2v) is 6.14. The van der Waals surface area contributed by atoms with E-state index >= 15 is 0 Å². The van der Waals surface area contributed by atoms with Crippen molar-refractivity contribution in [3.05, 3.63) is 12.0 Å². The zero-order chi connectivity index (χ0) is 14.8. The van der Waals surface area contributed by atoms with Gasteiger partial charge in [-0.2, -0.15) is 9.30 Å². The Kier molecular flexibility index (Phi) is 4.34. The van der Waals surface area contributed by atoms with Gasteiger partial charge in [0, 0.05) is 19.3 Å². The van der Waals surface area contributed by atoms with E-state index in [4.69, 9.17) is 4.74 Å². The number of aliphatic imine (C=N–C) groups is 1. The largest absolute Gasteiger partial charge is 0.376 e. The van der Waals surface area contributed by atoms with Gasteiger partial charge in [-0.25, -0.2) is 18.2 Å². The fraction of sp³-hybridized carbons (Fsp3) is 0.636. The van der Waals surface area contributed by atoms with Crippen molar-refractivity contribution in [2.24, 2.45) is 4.99 Å². The molecular weight excluding hydrogens is 284 g/mol. The molecule has 20 heavy (non-hydrogen) atoms. The van der Waals surface area contributed by atoms with E-state index in [1.807, 2.05) is 6.92 Å². The maximum atomic E-state index is 12.6. The number of morpholine rings is 1. The number of aryl methyl sites for hydroxylation is 2. The Morgan fingerprint density at radius 3 is 2.95 bits per heavy atom. The Balaban J connectivity index is 2.39. The summed E-state index contributed by atoms with van der Waals surface area (Å²) in [6.45, 7) is 4.71. The van der Waals surface area contributed by atoms with Crippen LogP contribution in [0.25, 0.3) is 0 Å². The third kappa shape index (κ3) is 2.66. The van der Waals surface area contributed by atoms with Gasteiger partial charge in [-0.15, -0.1) is 0 Å². The van der Waals surface area contributed by atoms with Gasteiger partial charge in [-0.1, -0.05) is 0 Å². The molecule has 1 aliphatic rings. The van der Waals surface area contributed by atoms with E-state index in [0.717, 1.165) is 4.31 Å². The van der Waals surface area contributed by atoms with E-state index < -0.39 is 16.2 Å². The maximum Gasteiger partial charge on any atom is 0.264 e. The molecule has 1 aromatic heterocycles. The normalized spacial score (nSPS) is 20.6. The molecule has 0 saturated carbocycles. The lowest BCUT2D eigenvalue weighted by Gasteiger charge is -2.30. The summed E-state index contributed by atoms with van der Waals surface area (Å²) >= 11 is 0. The molecular formula is C11H16N4O4S. The van der Waals surface area contributed by atoms with Crippen LogP contribution in [0.1, 0.15) is 12.7 Å². The molecule has 2 heterocycles. The van der Waals surface area contributed by atoms with Crippen molar-refractivity contribution < 1.29 is 17.9 Å². The lowest BCUT2D eigenvalue weighted by atomic mass is 10.4. The van der Waals surface area contributed by atoms with Crippen molar-refractivity contribution in [2.75, 3.05) is 19.8 Å². The van der Waals surface area contributed by atoms with E-state index in [-0.39, 0.29) is 24.8 Å². The molecule has 0 spiro atoms. The molecule has 1 aliphatic heterocycles. The number of isocyanates is 1. The molecule has 0 amide bonds. The number of carbonyl (C=O) groups excluding carboxylic acids is 1.